The van der Waals surface area contributed by atoms with Gasteiger partial charge in [-0.05, 0) is 84.8 Å². The van der Waals surface area contributed by atoms with E-state index in [0.717, 1.165) is 72.5 Å². The molecule has 2 aliphatic carbocycles. The second-order valence-electron chi connectivity index (χ2n) is 14.1. The van der Waals surface area contributed by atoms with Gasteiger partial charge in [0.2, 0.25) is 0 Å². The largest absolute Gasteiger partial charge is 0.483 e. The van der Waals surface area contributed by atoms with Crippen LogP contribution >= 0.6 is 22.7 Å². The van der Waals surface area contributed by atoms with Gasteiger partial charge in [0, 0.05) is 36.6 Å². The Labute approximate surface area is 297 Å². The summed E-state index contributed by atoms with van der Waals surface area (Å²) >= 11 is 3.15. The zero-order chi connectivity index (χ0) is 34.2. The summed E-state index contributed by atoms with van der Waals surface area (Å²) in [6, 6.07) is 11.6. The summed E-state index contributed by atoms with van der Waals surface area (Å²) in [5.74, 6) is 2.36. The fourth-order valence-electron chi connectivity index (χ4n) is 6.65. The highest BCUT2D eigenvalue weighted by Crippen LogP contribution is 2.43. The molecule has 0 atom stereocenters. The molecule has 262 valence electrons. The Morgan fingerprint density at radius 2 is 1.16 bits per heavy atom. The number of fused-ring (bicyclic) bond motifs is 4. The van der Waals surface area contributed by atoms with Crippen LogP contribution in [0, 0.1) is 0 Å². The fraction of sp³-hybridized carbons (Fsp3) is 0.459. The summed E-state index contributed by atoms with van der Waals surface area (Å²) < 4.78 is 23.3. The lowest BCUT2D eigenvalue weighted by Crippen LogP contribution is -2.25. The highest BCUT2D eigenvalue weighted by Gasteiger charge is 2.33. The minimum Gasteiger partial charge on any atom is -0.483 e. The first-order valence-electron chi connectivity index (χ1n) is 16.9. The Kier molecular flexibility index (Phi) is 9.27. The molecule has 4 aliphatic rings. The van der Waals surface area contributed by atoms with Crippen LogP contribution in [0.5, 0.6) is 23.0 Å². The molecule has 10 nitrogen and oxygen atoms in total. The van der Waals surface area contributed by atoms with Gasteiger partial charge < -0.3 is 18.9 Å². The quantitative estimate of drug-likeness (QED) is 0.192. The maximum atomic E-state index is 12.2. The molecule has 0 saturated carbocycles. The first-order chi connectivity index (χ1) is 23.5. The van der Waals surface area contributed by atoms with E-state index in [0.29, 0.717) is 21.8 Å². The van der Waals surface area contributed by atoms with Gasteiger partial charge in [0.1, 0.15) is 11.2 Å². The fourth-order valence-corrected chi connectivity index (χ4v) is 8.78. The van der Waals surface area contributed by atoms with E-state index in [-0.39, 0.29) is 39.1 Å². The van der Waals surface area contributed by atoms with Crippen molar-refractivity contribution in [3.63, 3.8) is 0 Å². The molecular weight excluding hydrogens is 661 g/mol. The SMILES string of the molecule is CC1(C)Cc2cccc(OCC(=O)Nc3nc4c(s3)CCC4)c2O1.CC1(C)Cc2cccc(OCC(=O)Nc3nc4c(s3)CCCC4)c2O1.[HH].[HH]. The molecule has 2 amide bonds. The topological polar surface area (TPSA) is 121 Å². The van der Waals surface area contributed by atoms with Gasteiger partial charge in [0.25, 0.3) is 11.8 Å². The minimum atomic E-state index is -0.232. The van der Waals surface area contributed by atoms with E-state index in [4.69, 9.17) is 18.9 Å². The number of para-hydroxylation sites is 2. The van der Waals surface area contributed by atoms with Gasteiger partial charge in [-0.3, -0.25) is 20.2 Å². The summed E-state index contributed by atoms with van der Waals surface area (Å²) in [4.78, 5) is 35.9. The van der Waals surface area contributed by atoms with Gasteiger partial charge in [0.15, 0.2) is 46.5 Å². The average Bonchev–Trinajstić information content (AvgIpc) is 3.85. The predicted molar refractivity (Wildman–Crippen MR) is 195 cm³/mol. The number of aryl methyl sites for hydroxylation is 4. The Morgan fingerprint density at radius 1 is 0.714 bits per heavy atom. The third kappa shape index (κ3) is 7.86. The van der Waals surface area contributed by atoms with Crippen LogP contribution < -0.4 is 29.6 Å². The third-order valence-corrected chi connectivity index (χ3v) is 10.9. The highest BCUT2D eigenvalue weighted by molar-refractivity contribution is 7.16. The van der Waals surface area contributed by atoms with Crippen molar-refractivity contribution in [2.45, 2.75) is 96.7 Å². The van der Waals surface area contributed by atoms with E-state index in [9.17, 15) is 9.59 Å². The van der Waals surface area contributed by atoms with Crippen molar-refractivity contribution in [1.82, 2.24) is 9.97 Å². The Morgan fingerprint density at radius 3 is 1.65 bits per heavy atom. The second kappa shape index (κ2) is 13.6. The lowest BCUT2D eigenvalue weighted by molar-refractivity contribution is -0.118. The number of carbonyl (C=O) groups is 2. The number of aromatic nitrogens is 2. The summed E-state index contributed by atoms with van der Waals surface area (Å²) in [7, 11) is 0. The summed E-state index contributed by atoms with van der Waals surface area (Å²) in [5.41, 5.74) is 4.05. The molecule has 2 aliphatic heterocycles. The van der Waals surface area contributed by atoms with Crippen molar-refractivity contribution in [2.24, 2.45) is 0 Å². The molecule has 0 saturated heterocycles. The summed E-state index contributed by atoms with van der Waals surface area (Å²) in [6.45, 7) is 8.09. The number of hydrogen-bond acceptors (Lipinski definition) is 10. The number of amides is 2. The van der Waals surface area contributed by atoms with Crippen LogP contribution in [0.1, 0.15) is 82.1 Å². The van der Waals surface area contributed by atoms with Crippen molar-refractivity contribution in [1.29, 1.82) is 0 Å². The maximum absolute atomic E-state index is 12.2. The maximum Gasteiger partial charge on any atom is 0.264 e. The monoisotopic (exact) mass is 706 g/mol. The number of ether oxygens (including phenoxy) is 4. The number of benzene rings is 2. The number of hydrogen-bond donors (Lipinski definition) is 2. The number of rotatable bonds is 8. The molecule has 0 fully saturated rings. The van der Waals surface area contributed by atoms with E-state index >= 15 is 0 Å². The number of nitrogens with zero attached hydrogens (tertiary/aromatic N) is 2. The van der Waals surface area contributed by atoms with Gasteiger partial charge in [0.05, 0.1) is 11.4 Å². The molecule has 0 spiro atoms. The molecule has 8 rings (SSSR count). The molecular formula is C37H46N4O6S2. The molecule has 2 N–H and O–H groups in total. The van der Waals surface area contributed by atoms with Crippen molar-refractivity contribution < 1.29 is 31.4 Å². The molecule has 49 heavy (non-hydrogen) atoms. The van der Waals surface area contributed by atoms with Gasteiger partial charge in [-0.1, -0.05) is 24.3 Å². The molecule has 0 radical (unpaired) electrons. The molecule has 4 heterocycles. The van der Waals surface area contributed by atoms with Gasteiger partial charge in [-0.2, -0.15) is 0 Å². The third-order valence-electron chi connectivity index (χ3n) is 8.76. The van der Waals surface area contributed by atoms with Crippen LogP contribution in [-0.2, 0) is 48.1 Å². The van der Waals surface area contributed by atoms with Gasteiger partial charge in [-0.25, -0.2) is 9.97 Å². The molecule has 2 aromatic heterocycles. The number of anilines is 2. The standard InChI is InChI=1S/C19H22N2O3S.C18H20N2O3S.2H2/c1-19(2)10-12-6-5-8-14(17(12)24-19)23-11-16(22)21-18-20-13-7-3-4-9-15(13)25-18;1-18(2)9-11-5-3-7-13(16(11)23-18)22-10-15(21)20-17-19-12-6-4-8-14(12)24-17;;/h5-6,8H,3-4,7,9-11H2,1-2H3,(H,20,21,22);3,5,7H,4,6,8-10H2,1-2H3,(H,19,20,21);2*1H. The van der Waals surface area contributed by atoms with Crippen molar-refractivity contribution >= 4 is 44.8 Å². The van der Waals surface area contributed by atoms with E-state index in [1.165, 1.54) is 29.0 Å². The lowest BCUT2D eigenvalue weighted by atomic mass is 10.0. The van der Waals surface area contributed by atoms with Crippen molar-refractivity contribution in [2.75, 3.05) is 23.8 Å². The van der Waals surface area contributed by atoms with Crippen LogP contribution in [0.25, 0.3) is 0 Å². The minimum absolute atomic E-state index is 0. The molecule has 0 unspecified atom stereocenters. The zero-order valence-electron chi connectivity index (χ0n) is 28.4. The van der Waals surface area contributed by atoms with Crippen LogP contribution in [0.3, 0.4) is 0 Å². The molecule has 2 aromatic carbocycles. The Balaban J connectivity index is 0.000000190. The van der Waals surface area contributed by atoms with Crippen LogP contribution in [0.4, 0.5) is 10.3 Å². The Bertz CT molecular complexity index is 1850. The summed E-state index contributed by atoms with van der Waals surface area (Å²) in [5, 5.41) is 7.03. The van der Waals surface area contributed by atoms with E-state index in [1.807, 2.05) is 64.1 Å². The van der Waals surface area contributed by atoms with Gasteiger partial charge >= 0.3 is 0 Å². The highest BCUT2D eigenvalue weighted by atomic mass is 32.1. The predicted octanol–water partition coefficient (Wildman–Crippen LogP) is 7.61. The smallest absolute Gasteiger partial charge is 0.264 e. The van der Waals surface area contributed by atoms with E-state index in [1.54, 1.807) is 22.7 Å². The second-order valence-corrected chi connectivity index (χ2v) is 16.2. The molecule has 12 heteroatoms. The Hall–Kier alpha value is -4.16. The van der Waals surface area contributed by atoms with Gasteiger partial charge in [-0.15, -0.1) is 22.7 Å². The number of nitrogens with one attached hydrogen (secondary N) is 2. The summed E-state index contributed by atoms with van der Waals surface area (Å²) in [6.07, 6.45) is 9.42. The van der Waals surface area contributed by atoms with Crippen molar-refractivity contribution in [3.05, 3.63) is 68.7 Å². The van der Waals surface area contributed by atoms with E-state index < -0.39 is 0 Å². The van der Waals surface area contributed by atoms with Crippen LogP contribution in [-0.4, -0.2) is 46.2 Å². The van der Waals surface area contributed by atoms with Crippen LogP contribution in [0.2, 0.25) is 0 Å². The number of carbonyl (C=O) groups excluding carboxylic acids is 2. The normalized spacial score (nSPS) is 17.2. The number of thiazole rings is 2. The lowest BCUT2D eigenvalue weighted by Gasteiger charge is -2.18. The average molecular weight is 707 g/mol. The molecule has 0 bridgehead atoms. The molecule has 4 aromatic rings. The first kappa shape index (κ1) is 33.3. The van der Waals surface area contributed by atoms with E-state index in [2.05, 4.69) is 20.6 Å². The zero-order valence-corrected chi connectivity index (χ0v) is 30.0. The first-order valence-corrected chi connectivity index (χ1v) is 18.6. The van der Waals surface area contributed by atoms with Crippen molar-refractivity contribution in [3.8, 4) is 23.0 Å². The van der Waals surface area contributed by atoms with Crippen LogP contribution in [0.15, 0.2) is 36.4 Å².